The van der Waals surface area contributed by atoms with Crippen molar-refractivity contribution in [2.75, 3.05) is 74.8 Å². The van der Waals surface area contributed by atoms with Gasteiger partial charge in [0.1, 0.15) is 21.4 Å². The lowest BCUT2D eigenvalue weighted by atomic mass is 10.1. The number of aromatic nitrogens is 2. The molecule has 1 N–H and O–H groups in total. The van der Waals surface area contributed by atoms with E-state index < -0.39 is 9.84 Å². The van der Waals surface area contributed by atoms with Crippen molar-refractivity contribution in [3.63, 3.8) is 0 Å². The maximum atomic E-state index is 11.9. The van der Waals surface area contributed by atoms with Crippen molar-refractivity contribution in [2.45, 2.75) is 31.7 Å². The van der Waals surface area contributed by atoms with Gasteiger partial charge in [-0.05, 0) is 50.9 Å². The molecule has 1 aromatic heterocycles. The number of nitrogens with zero attached hydrogens (tertiary/aromatic N) is 4. The maximum Gasteiger partial charge on any atom is 0.228 e. The average Bonchev–Trinajstić information content (AvgIpc) is 3.39. The van der Waals surface area contributed by atoms with Crippen LogP contribution in [-0.2, 0) is 14.6 Å². The summed E-state index contributed by atoms with van der Waals surface area (Å²) in [7, 11) is -1.29. The predicted molar refractivity (Wildman–Crippen MR) is 137 cm³/mol. The van der Waals surface area contributed by atoms with Crippen LogP contribution < -0.4 is 15.0 Å². The van der Waals surface area contributed by atoms with Crippen molar-refractivity contribution >= 4 is 32.5 Å². The van der Waals surface area contributed by atoms with Gasteiger partial charge in [-0.25, -0.2) is 13.4 Å². The summed E-state index contributed by atoms with van der Waals surface area (Å²) in [6.45, 7) is 5.70. The van der Waals surface area contributed by atoms with E-state index in [9.17, 15) is 8.42 Å². The van der Waals surface area contributed by atoms with Gasteiger partial charge in [0.05, 0.1) is 49.5 Å². The van der Waals surface area contributed by atoms with Gasteiger partial charge >= 0.3 is 0 Å². The van der Waals surface area contributed by atoms with E-state index in [-0.39, 0.29) is 17.5 Å². The Morgan fingerprint density at radius 2 is 1.86 bits per heavy atom. The molecule has 188 valence electrons. The van der Waals surface area contributed by atoms with E-state index in [1.165, 1.54) is 12.8 Å². The highest BCUT2D eigenvalue weighted by Crippen LogP contribution is 2.32. The van der Waals surface area contributed by atoms with Crippen molar-refractivity contribution in [3.8, 4) is 17.6 Å². The number of fused-ring (bicyclic) bond motifs is 1. The Labute approximate surface area is 207 Å². The minimum Gasteiger partial charge on any atom is -0.495 e. The first-order chi connectivity index (χ1) is 17.0. The van der Waals surface area contributed by atoms with E-state index in [2.05, 4.69) is 27.0 Å². The smallest absolute Gasteiger partial charge is 0.228 e. The number of hydrogen-bond acceptors (Lipinski definition) is 9. The van der Waals surface area contributed by atoms with E-state index in [0.717, 1.165) is 49.2 Å². The number of sulfone groups is 1. The van der Waals surface area contributed by atoms with Gasteiger partial charge in [-0.1, -0.05) is 11.8 Å². The number of likely N-dealkylation sites (tertiary alicyclic amines) is 1. The van der Waals surface area contributed by atoms with E-state index >= 15 is 0 Å². The van der Waals surface area contributed by atoms with Crippen molar-refractivity contribution in [1.82, 2.24) is 14.9 Å². The first-order valence-electron chi connectivity index (χ1n) is 12.4. The van der Waals surface area contributed by atoms with Crippen LogP contribution in [0.25, 0.3) is 10.9 Å². The van der Waals surface area contributed by atoms with Crippen molar-refractivity contribution in [1.29, 1.82) is 0 Å². The number of methoxy groups -OCH3 is 1. The largest absolute Gasteiger partial charge is 0.495 e. The van der Waals surface area contributed by atoms with Gasteiger partial charge in [-0.2, -0.15) is 4.98 Å². The molecule has 4 heterocycles. The summed E-state index contributed by atoms with van der Waals surface area (Å²) in [6.07, 6.45) is 3.62. The summed E-state index contributed by atoms with van der Waals surface area (Å²) in [5, 5.41) is 4.37. The third kappa shape index (κ3) is 5.80. The first-order valence-corrected chi connectivity index (χ1v) is 14.2. The predicted octanol–water partition coefficient (Wildman–Crippen LogP) is 1.91. The van der Waals surface area contributed by atoms with Crippen molar-refractivity contribution in [3.05, 3.63) is 17.7 Å². The Hall–Kier alpha value is -2.61. The minimum absolute atomic E-state index is 0.0417. The molecule has 3 aliphatic heterocycles. The average molecular weight is 500 g/mol. The third-order valence-corrected chi connectivity index (χ3v) is 8.63. The summed E-state index contributed by atoms with van der Waals surface area (Å²) < 4.78 is 35.0. The number of benzene rings is 1. The summed E-state index contributed by atoms with van der Waals surface area (Å²) in [5.41, 5.74) is 1.60. The van der Waals surface area contributed by atoms with Gasteiger partial charge in [0, 0.05) is 24.5 Å². The lowest BCUT2D eigenvalue weighted by molar-refractivity contribution is 0.122. The standard InChI is InChI=1S/C25H33N5O4S/c1-33-23-18-21-22(17-19(23)5-4-10-29-8-2-3-9-29)27-25(30-11-13-34-14-12-30)28-24(21)26-20-6-15-35(31,32)16-7-20/h17-18,20H,2-3,6-16H2,1H3,(H,26,27,28). The first kappa shape index (κ1) is 24.1. The zero-order chi connectivity index (χ0) is 24.3. The third-order valence-electron chi connectivity index (χ3n) is 6.92. The molecule has 0 amide bonds. The lowest BCUT2D eigenvalue weighted by Gasteiger charge is -2.28. The van der Waals surface area contributed by atoms with Gasteiger partial charge in [-0.3, -0.25) is 4.90 Å². The van der Waals surface area contributed by atoms with Gasteiger partial charge in [-0.15, -0.1) is 0 Å². The fourth-order valence-electron chi connectivity index (χ4n) is 4.84. The number of rotatable bonds is 5. The van der Waals surface area contributed by atoms with Crippen LogP contribution in [0.5, 0.6) is 5.75 Å². The summed E-state index contributed by atoms with van der Waals surface area (Å²) in [4.78, 5) is 14.3. The molecule has 0 atom stereocenters. The van der Waals surface area contributed by atoms with Crippen molar-refractivity contribution < 1.29 is 17.9 Å². The SMILES string of the molecule is COc1cc2c(NC3CCS(=O)(=O)CC3)nc(N3CCOCC3)nc2cc1C#CCN1CCCC1. The van der Waals surface area contributed by atoms with Crippen molar-refractivity contribution in [2.24, 2.45) is 0 Å². The lowest BCUT2D eigenvalue weighted by Crippen LogP contribution is -2.37. The number of morpholine rings is 1. The zero-order valence-electron chi connectivity index (χ0n) is 20.3. The number of anilines is 2. The van der Waals surface area contributed by atoms with Crippen LogP contribution in [-0.4, -0.2) is 93.9 Å². The summed E-state index contributed by atoms with van der Waals surface area (Å²) in [5.74, 6) is 9.03. The molecule has 3 aliphatic rings. The number of ether oxygens (including phenoxy) is 2. The normalized spacial score (nSPS) is 21.0. The van der Waals surface area contributed by atoms with Crippen LogP contribution in [0.15, 0.2) is 12.1 Å². The molecule has 0 radical (unpaired) electrons. The van der Waals surface area contributed by atoms with Crippen LogP contribution in [0.3, 0.4) is 0 Å². The highest BCUT2D eigenvalue weighted by molar-refractivity contribution is 7.91. The molecule has 2 aromatic rings. The Morgan fingerprint density at radius 1 is 1.11 bits per heavy atom. The topological polar surface area (TPSA) is 96.9 Å². The van der Waals surface area contributed by atoms with Crippen LogP contribution in [0.4, 0.5) is 11.8 Å². The monoisotopic (exact) mass is 499 g/mol. The Bertz CT molecular complexity index is 1210. The van der Waals surface area contributed by atoms with Gasteiger partial charge in [0.25, 0.3) is 0 Å². The molecule has 1 aromatic carbocycles. The second kappa shape index (κ2) is 10.6. The van der Waals surface area contributed by atoms with E-state index in [1.54, 1.807) is 7.11 Å². The molecular formula is C25H33N5O4S. The fourth-order valence-corrected chi connectivity index (χ4v) is 6.33. The molecule has 3 fully saturated rings. The number of nitrogens with one attached hydrogen (secondary N) is 1. The van der Waals surface area contributed by atoms with E-state index in [0.29, 0.717) is 43.6 Å². The minimum atomic E-state index is -2.94. The quantitative estimate of drug-likeness (QED) is 0.619. The molecule has 0 bridgehead atoms. The van der Waals surface area contributed by atoms with E-state index in [1.807, 2.05) is 12.1 Å². The molecule has 0 aliphatic carbocycles. The maximum absolute atomic E-state index is 11.9. The van der Waals surface area contributed by atoms with Crippen LogP contribution in [0.1, 0.15) is 31.2 Å². The molecule has 35 heavy (non-hydrogen) atoms. The van der Waals surface area contributed by atoms with Crippen LogP contribution >= 0.6 is 0 Å². The molecule has 5 rings (SSSR count). The Morgan fingerprint density at radius 3 is 2.57 bits per heavy atom. The van der Waals surface area contributed by atoms with E-state index in [4.69, 9.17) is 19.4 Å². The molecular weight excluding hydrogens is 466 g/mol. The molecule has 10 heteroatoms. The second-order valence-corrected chi connectivity index (χ2v) is 11.7. The Balaban J connectivity index is 1.49. The fraction of sp³-hybridized carbons (Fsp3) is 0.600. The van der Waals surface area contributed by atoms with Gasteiger partial charge in [0.2, 0.25) is 5.95 Å². The molecule has 9 nitrogen and oxygen atoms in total. The molecule has 0 saturated carbocycles. The zero-order valence-corrected chi connectivity index (χ0v) is 21.1. The second-order valence-electron chi connectivity index (χ2n) is 9.40. The van der Waals surface area contributed by atoms with Gasteiger partial charge in [0.15, 0.2) is 0 Å². The Kier molecular flexibility index (Phi) is 7.27. The summed E-state index contributed by atoms with van der Waals surface area (Å²) >= 11 is 0. The molecule has 3 saturated heterocycles. The highest BCUT2D eigenvalue weighted by Gasteiger charge is 2.25. The van der Waals surface area contributed by atoms with Gasteiger partial charge < -0.3 is 19.7 Å². The number of hydrogen-bond donors (Lipinski definition) is 1. The molecule has 0 unspecified atom stereocenters. The molecule has 0 spiro atoms. The van der Waals surface area contributed by atoms with Crippen LogP contribution in [0, 0.1) is 11.8 Å². The highest BCUT2D eigenvalue weighted by atomic mass is 32.2. The van der Waals surface area contributed by atoms with Crippen LogP contribution in [0.2, 0.25) is 0 Å². The summed E-state index contributed by atoms with van der Waals surface area (Å²) in [6, 6.07) is 3.97.